The molecule has 0 aliphatic rings. The summed E-state index contributed by atoms with van der Waals surface area (Å²) >= 11 is 0. The van der Waals surface area contributed by atoms with Crippen LogP contribution in [0.1, 0.15) is 34.1 Å². The second kappa shape index (κ2) is 9.09. The van der Waals surface area contributed by atoms with Gasteiger partial charge < -0.3 is 4.74 Å². The second-order valence-corrected chi connectivity index (χ2v) is 9.14. The maximum atomic E-state index is 13.0. The molecule has 150 valence electrons. The van der Waals surface area contributed by atoms with E-state index in [-0.39, 0.29) is 30.3 Å². The minimum absolute atomic E-state index is 0.000352. The maximum Gasteiger partial charge on any atom is 0.306 e. The molecule has 8 nitrogen and oxygen atoms in total. The highest BCUT2D eigenvalue weighted by Gasteiger charge is 2.32. The summed E-state index contributed by atoms with van der Waals surface area (Å²) < 4.78 is 32.2. The van der Waals surface area contributed by atoms with E-state index >= 15 is 0 Å². The average molecular weight is 398 g/mol. The third-order valence-corrected chi connectivity index (χ3v) is 5.34. The highest BCUT2D eigenvalue weighted by atomic mass is 32.2. The molecule has 1 aromatic rings. The van der Waals surface area contributed by atoms with E-state index < -0.39 is 32.2 Å². The molecule has 0 radical (unpaired) electrons. The van der Waals surface area contributed by atoms with E-state index in [2.05, 4.69) is 6.58 Å². The number of para-hydroxylation sites is 1. The standard InChI is InChI=1S/C18H26N2O6S/c1-6-11-19(13-14(2)12-17(21)26-18(3,4)5)27(24,25)16-10-8-7-9-15(16)20(22)23/h6-10,14H,1,11-13H2,2-5H3/t14-/m0/s1. The number of rotatable bonds is 9. The van der Waals surface area contributed by atoms with Gasteiger partial charge >= 0.3 is 5.97 Å². The summed E-state index contributed by atoms with van der Waals surface area (Å²) in [6.07, 6.45) is 1.42. The first kappa shape index (κ1) is 22.8. The highest BCUT2D eigenvalue weighted by Crippen LogP contribution is 2.27. The van der Waals surface area contributed by atoms with E-state index in [1.165, 1.54) is 24.3 Å². The van der Waals surface area contributed by atoms with Crippen LogP contribution < -0.4 is 0 Å². The number of hydrogen-bond donors (Lipinski definition) is 0. The molecule has 1 rings (SSSR count). The van der Waals surface area contributed by atoms with Crippen LogP contribution in [0.25, 0.3) is 0 Å². The molecule has 0 unspecified atom stereocenters. The van der Waals surface area contributed by atoms with Crippen LogP contribution in [0.2, 0.25) is 0 Å². The van der Waals surface area contributed by atoms with Gasteiger partial charge in [0, 0.05) is 25.6 Å². The third kappa shape index (κ3) is 6.76. The Balaban J connectivity index is 3.06. The molecule has 1 aromatic carbocycles. The van der Waals surface area contributed by atoms with Gasteiger partial charge in [0.1, 0.15) is 5.60 Å². The summed E-state index contributed by atoms with van der Waals surface area (Å²) in [6.45, 7) is 10.5. The molecular formula is C18H26N2O6S. The van der Waals surface area contributed by atoms with E-state index in [0.29, 0.717) is 0 Å². The number of sulfonamides is 1. The van der Waals surface area contributed by atoms with Crippen molar-refractivity contribution in [2.24, 2.45) is 5.92 Å². The molecular weight excluding hydrogens is 372 g/mol. The predicted octanol–water partition coefficient (Wildman–Crippen LogP) is 3.14. The normalized spacial score (nSPS) is 13.2. The Morgan fingerprint density at radius 1 is 1.37 bits per heavy atom. The number of nitro benzene ring substituents is 1. The van der Waals surface area contributed by atoms with Gasteiger partial charge in [0.25, 0.3) is 5.69 Å². The van der Waals surface area contributed by atoms with Crippen molar-refractivity contribution >= 4 is 21.7 Å². The van der Waals surface area contributed by atoms with Crippen LogP contribution in [-0.4, -0.2) is 42.3 Å². The van der Waals surface area contributed by atoms with Crippen LogP contribution >= 0.6 is 0 Å². The lowest BCUT2D eigenvalue weighted by Crippen LogP contribution is -2.36. The van der Waals surface area contributed by atoms with Crippen LogP contribution in [0.15, 0.2) is 41.8 Å². The number of benzene rings is 1. The number of carbonyl (C=O) groups is 1. The third-order valence-electron chi connectivity index (χ3n) is 3.46. The maximum absolute atomic E-state index is 13.0. The van der Waals surface area contributed by atoms with Gasteiger partial charge in [0.2, 0.25) is 10.0 Å². The lowest BCUT2D eigenvalue weighted by Gasteiger charge is -2.25. The number of nitro groups is 1. The Kier molecular flexibility index (Phi) is 7.67. The van der Waals surface area contributed by atoms with Crippen molar-refractivity contribution in [3.05, 3.63) is 47.0 Å². The largest absolute Gasteiger partial charge is 0.460 e. The van der Waals surface area contributed by atoms with Gasteiger partial charge in [-0.2, -0.15) is 4.31 Å². The van der Waals surface area contributed by atoms with E-state index in [1.54, 1.807) is 27.7 Å². The number of nitrogens with zero attached hydrogens (tertiary/aromatic N) is 2. The van der Waals surface area contributed by atoms with Gasteiger partial charge in [-0.15, -0.1) is 6.58 Å². The van der Waals surface area contributed by atoms with Gasteiger partial charge in [-0.1, -0.05) is 25.1 Å². The zero-order chi connectivity index (χ0) is 20.8. The van der Waals surface area contributed by atoms with Crippen LogP contribution in [0.5, 0.6) is 0 Å². The fourth-order valence-corrected chi connectivity index (χ4v) is 4.15. The molecule has 27 heavy (non-hydrogen) atoms. The van der Waals surface area contributed by atoms with Crippen LogP contribution in [0.4, 0.5) is 5.69 Å². The van der Waals surface area contributed by atoms with E-state index in [0.717, 1.165) is 10.4 Å². The molecule has 0 fully saturated rings. The molecule has 0 bridgehead atoms. The van der Waals surface area contributed by atoms with Crippen LogP contribution in [-0.2, 0) is 19.6 Å². The topological polar surface area (TPSA) is 107 Å². The number of ether oxygens (including phenoxy) is 1. The monoisotopic (exact) mass is 398 g/mol. The molecule has 9 heteroatoms. The summed E-state index contributed by atoms with van der Waals surface area (Å²) in [7, 11) is -4.14. The smallest absolute Gasteiger partial charge is 0.306 e. The minimum Gasteiger partial charge on any atom is -0.460 e. The Morgan fingerprint density at radius 2 is 1.96 bits per heavy atom. The predicted molar refractivity (Wildman–Crippen MR) is 102 cm³/mol. The van der Waals surface area contributed by atoms with E-state index in [9.17, 15) is 23.3 Å². The molecule has 0 saturated carbocycles. The number of esters is 1. The van der Waals surface area contributed by atoms with Crippen molar-refractivity contribution in [1.29, 1.82) is 0 Å². The van der Waals surface area contributed by atoms with Crippen molar-refractivity contribution in [2.75, 3.05) is 13.1 Å². The SMILES string of the molecule is C=CCN(C[C@@H](C)CC(=O)OC(C)(C)C)S(=O)(=O)c1ccccc1[N+](=O)[O-]. The quantitative estimate of drug-likeness (QED) is 0.274. The Morgan fingerprint density at radius 3 is 2.48 bits per heavy atom. The minimum atomic E-state index is -4.14. The molecule has 0 spiro atoms. The van der Waals surface area contributed by atoms with Crippen molar-refractivity contribution in [3.63, 3.8) is 0 Å². The zero-order valence-corrected chi connectivity index (χ0v) is 16.9. The first-order chi connectivity index (χ1) is 12.4. The lowest BCUT2D eigenvalue weighted by atomic mass is 10.1. The van der Waals surface area contributed by atoms with Gasteiger partial charge in [0.15, 0.2) is 4.90 Å². The fraction of sp³-hybridized carbons (Fsp3) is 0.500. The Hall–Kier alpha value is -2.26. The molecule has 0 N–H and O–H groups in total. The molecule has 0 heterocycles. The molecule has 0 amide bonds. The van der Waals surface area contributed by atoms with E-state index in [1.807, 2.05) is 0 Å². The lowest BCUT2D eigenvalue weighted by molar-refractivity contribution is -0.387. The van der Waals surface area contributed by atoms with Crippen molar-refractivity contribution in [1.82, 2.24) is 4.31 Å². The van der Waals surface area contributed by atoms with Crippen molar-refractivity contribution < 1.29 is 22.9 Å². The summed E-state index contributed by atoms with van der Waals surface area (Å²) in [5.74, 6) is -0.783. The van der Waals surface area contributed by atoms with Gasteiger partial charge in [-0.05, 0) is 32.8 Å². The molecule has 1 atom stereocenters. The molecule has 0 aliphatic heterocycles. The Labute approximate surface area is 160 Å². The summed E-state index contributed by atoms with van der Waals surface area (Å²) in [4.78, 5) is 22.0. The van der Waals surface area contributed by atoms with E-state index in [4.69, 9.17) is 4.74 Å². The van der Waals surface area contributed by atoms with Crippen LogP contribution in [0.3, 0.4) is 0 Å². The number of carbonyl (C=O) groups excluding carboxylic acids is 1. The van der Waals surface area contributed by atoms with Gasteiger partial charge in [-0.3, -0.25) is 14.9 Å². The van der Waals surface area contributed by atoms with Crippen molar-refractivity contribution in [3.8, 4) is 0 Å². The highest BCUT2D eigenvalue weighted by molar-refractivity contribution is 7.89. The Bertz CT molecular complexity index is 798. The van der Waals surface area contributed by atoms with Crippen LogP contribution in [0, 0.1) is 16.0 Å². The molecule has 0 aromatic heterocycles. The first-order valence-electron chi connectivity index (χ1n) is 8.44. The summed E-state index contributed by atoms with van der Waals surface area (Å²) in [5, 5.41) is 11.2. The fourth-order valence-electron chi connectivity index (χ4n) is 2.46. The van der Waals surface area contributed by atoms with Gasteiger partial charge in [0.05, 0.1) is 4.92 Å². The van der Waals surface area contributed by atoms with Gasteiger partial charge in [-0.25, -0.2) is 8.42 Å². The summed E-state index contributed by atoms with van der Waals surface area (Å²) in [6, 6.07) is 5.17. The second-order valence-electron chi connectivity index (χ2n) is 7.23. The zero-order valence-electron chi connectivity index (χ0n) is 16.0. The first-order valence-corrected chi connectivity index (χ1v) is 9.88. The molecule has 0 aliphatic carbocycles. The molecule has 0 saturated heterocycles. The van der Waals surface area contributed by atoms with Crippen molar-refractivity contribution in [2.45, 2.75) is 44.6 Å². The number of hydrogen-bond acceptors (Lipinski definition) is 6. The average Bonchev–Trinajstić information content (AvgIpc) is 2.52. The summed E-state index contributed by atoms with van der Waals surface area (Å²) in [5.41, 5.74) is -1.12.